The number of para-hydroxylation sites is 1. The number of primary amides is 1. The molecular weight excluding hydrogens is 389 g/mol. The van der Waals surface area contributed by atoms with Gasteiger partial charge >= 0.3 is 0 Å². The van der Waals surface area contributed by atoms with Crippen molar-refractivity contribution in [2.75, 3.05) is 0 Å². The van der Waals surface area contributed by atoms with Crippen LogP contribution in [0.3, 0.4) is 0 Å². The van der Waals surface area contributed by atoms with Gasteiger partial charge in [0.25, 0.3) is 0 Å². The van der Waals surface area contributed by atoms with Crippen molar-refractivity contribution in [1.29, 1.82) is 0 Å². The normalized spacial score (nSPS) is 10.8. The Hall–Kier alpha value is -3.52. The van der Waals surface area contributed by atoms with Crippen molar-refractivity contribution in [1.82, 2.24) is 19.7 Å². The number of pyridine rings is 1. The maximum atomic E-state index is 14.6. The minimum absolute atomic E-state index is 0.365. The predicted octanol–water partition coefficient (Wildman–Crippen LogP) is 3.86. The Kier molecular flexibility index (Phi) is 5.35. The van der Waals surface area contributed by atoms with Crippen LogP contribution in [0.4, 0.5) is 4.39 Å². The van der Waals surface area contributed by atoms with E-state index in [1.807, 2.05) is 12.1 Å². The summed E-state index contributed by atoms with van der Waals surface area (Å²) in [4.78, 5) is 15.2. The highest BCUT2D eigenvalue weighted by atomic mass is 32.2. The zero-order valence-corrected chi connectivity index (χ0v) is 16.0. The van der Waals surface area contributed by atoms with Crippen molar-refractivity contribution in [2.45, 2.75) is 10.9 Å². The average Bonchev–Trinajstić information content (AvgIpc) is 3.17. The molecule has 6 nitrogen and oxygen atoms in total. The summed E-state index contributed by atoms with van der Waals surface area (Å²) in [5.74, 6) is 0.270. The smallest absolute Gasteiger partial charge is 0.248 e. The Morgan fingerprint density at radius 3 is 2.41 bits per heavy atom. The molecule has 2 aromatic heterocycles. The third kappa shape index (κ3) is 4.02. The van der Waals surface area contributed by atoms with Gasteiger partial charge in [-0.25, -0.2) is 4.39 Å². The lowest BCUT2D eigenvalue weighted by atomic mass is 10.1. The van der Waals surface area contributed by atoms with Gasteiger partial charge < -0.3 is 5.73 Å². The van der Waals surface area contributed by atoms with Crippen LogP contribution in [0.5, 0.6) is 0 Å². The fraction of sp³-hybridized carbons (Fsp3) is 0.0476. The van der Waals surface area contributed by atoms with Gasteiger partial charge in [0.1, 0.15) is 5.82 Å². The molecule has 0 unspecified atom stereocenters. The zero-order valence-electron chi connectivity index (χ0n) is 15.2. The van der Waals surface area contributed by atoms with Gasteiger partial charge in [0.2, 0.25) is 5.91 Å². The largest absolute Gasteiger partial charge is 0.366 e. The minimum atomic E-state index is -0.467. The summed E-state index contributed by atoms with van der Waals surface area (Å²) in [5, 5.41) is 9.13. The number of nitrogens with two attached hydrogens (primary N) is 1. The van der Waals surface area contributed by atoms with Gasteiger partial charge in [-0.15, -0.1) is 10.2 Å². The molecule has 2 aromatic carbocycles. The average molecular weight is 405 g/mol. The second-order valence-corrected chi connectivity index (χ2v) is 7.12. The summed E-state index contributed by atoms with van der Waals surface area (Å²) in [5.41, 5.74) is 7.87. The number of benzene rings is 2. The molecule has 0 radical (unpaired) electrons. The van der Waals surface area contributed by atoms with Crippen LogP contribution in [0, 0.1) is 5.82 Å². The first-order valence-electron chi connectivity index (χ1n) is 8.76. The fourth-order valence-corrected chi connectivity index (χ4v) is 3.72. The topological polar surface area (TPSA) is 86.7 Å². The summed E-state index contributed by atoms with van der Waals surface area (Å²) in [6.07, 6.45) is 3.31. The summed E-state index contributed by atoms with van der Waals surface area (Å²) in [7, 11) is 0. The minimum Gasteiger partial charge on any atom is -0.366 e. The molecule has 0 spiro atoms. The first kappa shape index (κ1) is 18.8. The molecule has 144 valence electrons. The molecule has 0 saturated carbocycles. The molecule has 2 N–H and O–H groups in total. The van der Waals surface area contributed by atoms with E-state index >= 15 is 0 Å². The molecule has 0 aliphatic heterocycles. The molecule has 0 fully saturated rings. The lowest BCUT2D eigenvalue weighted by molar-refractivity contribution is 0.100. The van der Waals surface area contributed by atoms with E-state index in [-0.39, 0.29) is 5.82 Å². The Morgan fingerprint density at radius 1 is 1.00 bits per heavy atom. The predicted molar refractivity (Wildman–Crippen MR) is 109 cm³/mol. The molecule has 1 amide bonds. The Labute approximate surface area is 170 Å². The highest BCUT2D eigenvalue weighted by Crippen LogP contribution is 2.30. The number of rotatable bonds is 6. The molecule has 4 aromatic rings. The number of thioether (sulfide) groups is 1. The van der Waals surface area contributed by atoms with E-state index in [1.54, 1.807) is 59.4 Å². The SMILES string of the molecule is NC(=O)c1ccc(CSc2nnc(-c3ccncc3)n2-c2ccccc2F)cc1. The van der Waals surface area contributed by atoms with Gasteiger partial charge in [-0.3, -0.25) is 14.3 Å². The lowest BCUT2D eigenvalue weighted by Gasteiger charge is -2.11. The highest BCUT2D eigenvalue weighted by molar-refractivity contribution is 7.98. The van der Waals surface area contributed by atoms with Gasteiger partial charge in [0.15, 0.2) is 11.0 Å². The van der Waals surface area contributed by atoms with Gasteiger partial charge in [-0.05, 0) is 42.0 Å². The molecule has 29 heavy (non-hydrogen) atoms. The van der Waals surface area contributed by atoms with Crippen LogP contribution in [0.25, 0.3) is 17.1 Å². The molecule has 0 aliphatic carbocycles. The molecule has 0 atom stereocenters. The molecule has 0 saturated heterocycles. The molecular formula is C21H16FN5OS. The fourth-order valence-electron chi connectivity index (χ4n) is 2.81. The van der Waals surface area contributed by atoms with E-state index in [9.17, 15) is 9.18 Å². The third-order valence-electron chi connectivity index (χ3n) is 4.27. The number of carbonyl (C=O) groups excluding carboxylic acids is 1. The number of hydrogen-bond acceptors (Lipinski definition) is 5. The summed E-state index contributed by atoms with van der Waals surface area (Å²) >= 11 is 1.42. The number of carbonyl (C=O) groups is 1. The van der Waals surface area contributed by atoms with Crippen LogP contribution in [0.15, 0.2) is 78.2 Å². The van der Waals surface area contributed by atoms with Crippen molar-refractivity contribution in [2.24, 2.45) is 5.73 Å². The first-order chi connectivity index (χ1) is 14.1. The highest BCUT2D eigenvalue weighted by Gasteiger charge is 2.18. The summed E-state index contributed by atoms with van der Waals surface area (Å²) in [6, 6.07) is 17.1. The van der Waals surface area contributed by atoms with E-state index in [2.05, 4.69) is 15.2 Å². The monoisotopic (exact) mass is 405 g/mol. The second kappa shape index (κ2) is 8.24. The van der Waals surface area contributed by atoms with E-state index in [1.165, 1.54) is 17.8 Å². The van der Waals surface area contributed by atoms with E-state index in [0.717, 1.165) is 11.1 Å². The standard InChI is InChI=1S/C21H16FN5OS/c22-17-3-1-2-4-18(17)27-20(16-9-11-24-12-10-16)25-26-21(27)29-13-14-5-7-15(8-6-14)19(23)28/h1-12H,13H2,(H2,23,28). The number of nitrogens with zero attached hydrogens (tertiary/aromatic N) is 4. The number of aromatic nitrogens is 4. The Bertz CT molecular complexity index is 1150. The quantitative estimate of drug-likeness (QED) is 0.492. The lowest BCUT2D eigenvalue weighted by Crippen LogP contribution is -2.10. The van der Waals surface area contributed by atoms with Crippen LogP contribution in [-0.4, -0.2) is 25.7 Å². The summed E-state index contributed by atoms with van der Waals surface area (Å²) < 4.78 is 16.3. The number of halogens is 1. The van der Waals surface area contributed by atoms with E-state index in [4.69, 9.17) is 5.73 Å². The van der Waals surface area contributed by atoms with Crippen molar-refractivity contribution >= 4 is 17.7 Å². The van der Waals surface area contributed by atoms with E-state index < -0.39 is 5.91 Å². The molecule has 0 bridgehead atoms. The van der Waals surface area contributed by atoms with Crippen molar-refractivity contribution in [3.63, 3.8) is 0 Å². The maximum absolute atomic E-state index is 14.6. The third-order valence-corrected chi connectivity index (χ3v) is 5.27. The van der Waals surface area contributed by atoms with Crippen molar-refractivity contribution < 1.29 is 9.18 Å². The van der Waals surface area contributed by atoms with Crippen molar-refractivity contribution in [3.8, 4) is 17.1 Å². The van der Waals surface area contributed by atoms with Crippen LogP contribution < -0.4 is 5.73 Å². The zero-order chi connectivity index (χ0) is 20.2. The van der Waals surface area contributed by atoms with Gasteiger partial charge in [-0.2, -0.15) is 0 Å². The van der Waals surface area contributed by atoms with Crippen molar-refractivity contribution in [3.05, 3.63) is 90.0 Å². The van der Waals surface area contributed by atoms with Crippen LogP contribution in [0.1, 0.15) is 15.9 Å². The van der Waals surface area contributed by atoms with E-state index in [0.29, 0.717) is 28.0 Å². The second-order valence-electron chi connectivity index (χ2n) is 6.18. The molecule has 2 heterocycles. The Morgan fingerprint density at radius 2 is 1.72 bits per heavy atom. The maximum Gasteiger partial charge on any atom is 0.248 e. The Balaban J connectivity index is 1.69. The van der Waals surface area contributed by atoms with Crippen LogP contribution >= 0.6 is 11.8 Å². The van der Waals surface area contributed by atoms with Crippen LogP contribution in [-0.2, 0) is 5.75 Å². The number of amides is 1. The first-order valence-corrected chi connectivity index (χ1v) is 9.74. The molecule has 0 aliphatic rings. The van der Waals surface area contributed by atoms with Gasteiger partial charge in [-0.1, -0.05) is 36.0 Å². The van der Waals surface area contributed by atoms with Gasteiger partial charge in [0.05, 0.1) is 5.69 Å². The van der Waals surface area contributed by atoms with Crippen LogP contribution in [0.2, 0.25) is 0 Å². The molecule has 4 rings (SSSR count). The molecule has 8 heteroatoms. The van der Waals surface area contributed by atoms with Gasteiger partial charge in [0, 0.05) is 29.3 Å². The number of hydrogen-bond donors (Lipinski definition) is 1. The summed E-state index contributed by atoms with van der Waals surface area (Å²) in [6.45, 7) is 0.